The van der Waals surface area contributed by atoms with E-state index >= 15 is 0 Å². The highest BCUT2D eigenvalue weighted by Gasteiger charge is 2.16. The highest BCUT2D eigenvalue weighted by Crippen LogP contribution is 2.38. The number of aryl methyl sites for hydroxylation is 1. The SMILES string of the molecule is COc1cc(/C=C/C(=O)NCc2cc(C)nc(N3CCCC3)n2)cc(OC)c1OC. The van der Waals surface area contributed by atoms with Crippen molar-refractivity contribution in [2.75, 3.05) is 39.3 Å². The molecule has 1 aliphatic heterocycles. The van der Waals surface area contributed by atoms with Crippen molar-refractivity contribution in [1.29, 1.82) is 0 Å². The van der Waals surface area contributed by atoms with Crippen LogP contribution in [0, 0.1) is 6.92 Å². The van der Waals surface area contributed by atoms with Crippen LogP contribution in [0.25, 0.3) is 6.08 Å². The molecule has 1 saturated heterocycles. The fraction of sp³-hybridized carbons (Fsp3) is 0.409. The van der Waals surface area contributed by atoms with E-state index < -0.39 is 0 Å². The van der Waals surface area contributed by atoms with Gasteiger partial charge in [-0.3, -0.25) is 4.79 Å². The maximum absolute atomic E-state index is 12.3. The van der Waals surface area contributed by atoms with E-state index in [0.717, 1.165) is 48.8 Å². The molecule has 3 rings (SSSR count). The lowest BCUT2D eigenvalue weighted by Gasteiger charge is -2.16. The van der Waals surface area contributed by atoms with E-state index in [4.69, 9.17) is 14.2 Å². The van der Waals surface area contributed by atoms with Crippen LogP contribution in [0.2, 0.25) is 0 Å². The molecule has 0 saturated carbocycles. The fourth-order valence-electron chi connectivity index (χ4n) is 3.37. The number of carbonyl (C=O) groups excluding carboxylic acids is 1. The molecule has 8 nitrogen and oxygen atoms in total. The number of amides is 1. The molecule has 160 valence electrons. The molecule has 0 atom stereocenters. The third kappa shape index (κ3) is 5.20. The van der Waals surface area contributed by atoms with Gasteiger partial charge in [-0.1, -0.05) is 0 Å². The Morgan fingerprint density at radius 3 is 2.33 bits per heavy atom. The minimum Gasteiger partial charge on any atom is -0.493 e. The Morgan fingerprint density at radius 2 is 1.73 bits per heavy atom. The molecular weight excluding hydrogens is 384 g/mol. The summed E-state index contributed by atoms with van der Waals surface area (Å²) in [5.74, 6) is 2.09. The minimum absolute atomic E-state index is 0.220. The van der Waals surface area contributed by atoms with E-state index in [1.54, 1.807) is 39.5 Å². The predicted molar refractivity (Wildman–Crippen MR) is 115 cm³/mol. The second-order valence-electron chi connectivity index (χ2n) is 7.00. The number of aromatic nitrogens is 2. The smallest absolute Gasteiger partial charge is 0.244 e. The van der Waals surface area contributed by atoms with Gasteiger partial charge in [-0.25, -0.2) is 9.97 Å². The van der Waals surface area contributed by atoms with Crippen LogP contribution in [0.1, 0.15) is 29.8 Å². The molecule has 30 heavy (non-hydrogen) atoms. The number of anilines is 1. The van der Waals surface area contributed by atoms with E-state index in [1.165, 1.54) is 6.08 Å². The zero-order valence-electron chi connectivity index (χ0n) is 17.9. The van der Waals surface area contributed by atoms with Crippen LogP contribution in [0.3, 0.4) is 0 Å². The van der Waals surface area contributed by atoms with Crippen molar-refractivity contribution in [2.45, 2.75) is 26.3 Å². The van der Waals surface area contributed by atoms with Gasteiger partial charge in [-0.2, -0.15) is 0 Å². The summed E-state index contributed by atoms with van der Waals surface area (Å²) < 4.78 is 16.0. The summed E-state index contributed by atoms with van der Waals surface area (Å²) in [6.45, 7) is 4.24. The number of carbonyl (C=O) groups is 1. The van der Waals surface area contributed by atoms with Crippen LogP contribution >= 0.6 is 0 Å². The van der Waals surface area contributed by atoms with Crippen molar-refractivity contribution in [1.82, 2.24) is 15.3 Å². The lowest BCUT2D eigenvalue weighted by atomic mass is 10.1. The number of nitrogens with one attached hydrogen (secondary N) is 1. The average Bonchev–Trinajstić information content (AvgIpc) is 3.30. The van der Waals surface area contributed by atoms with Gasteiger partial charge >= 0.3 is 0 Å². The van der Waals surface area contributed by atoms with Crippen molar-refractivity contribution < 1.29 is 19.0 Å². The number of ether oxygens (including phenoxy) is 3. The van der Waals surface area contributed by atoms with E-state index in [2.05, 4.69) is 20.2 Å². The largest absolute Gasteiger partial charge is 0.493 e. The molecule has 2 aromatic rings. The van der Waals surface area contributed by atoms with Crippen LogP contribution in [-0.2, 0) is 11.3 Å². The van der Waals surface area contributed by atoms with Crippen LogP contribution in [0.15, 0.2) is 24.3 Å². The normalized spacial score (nSPS) is 13.5. The standard InChI is InChI=1S/C22H28N4O4/c1-15-11-17(25-22(24-15)26-9-5-6-10-26)14-23-20(27)8-7-16-12-18(28-2)21(30-4)19(13-16)29-3/h7-8,11-13H,5-6,9-10,14H2,1-4H3,(H,23,27)/b8-7+. The average molecular weight is 412 g/mol. The summed E-state index contributed by atoms with van der Waals surface area (Å²) in [5.41, 5.74) is 2.44. The topological polar surface area (TPSA) is 85.8 Å². The van der Waals surface area contributed by atoms with Crippen LogP contribution in [-0.4, -0.2) is 50.3 Å². The first kappa shape index (κ1) is 21.4. The van der Waals surface area contributed by atoms with Gasteiger partial charge in [0.1, 0.15) is 0 Å². The van der Waals surface area contributed by atoms with Gasteiger partial charge in [-0.15, -0.1) is 0 Å². The van der Waals surface area contributed by atoms with Gasteiger partial charge < -0.3 is 24.4 Å². The molecule has 0 bridgehead atoms. The third-order valence-corrected chi connectivity index (χ3v) is 4.84. The van der Waals surface area contributed by atoms with Crippen molar-refractivity contribution in [2.24, 2.45) is 0 Å². The summed E-state index contributed by atoms with van der Waals surface area (Å²) in [6, 6.07) is 5.45. The molecule has 2 heterocycles. The molecule has 1 aromatic carbocycles. The van der Waals surface area contributed by atoms with Crippen molar-refractivity contribution in [3.63, 3.8) is 0 Å². The van der Waals surface area contributed by atoms with E-state index in [1.807, 2.05) is 13.0 Å². The lowest BCUT2D eigenvalue weighted by molar-refractivity contribution is -0.116. The van der Waals surface area contributed by atoms with Crippen molar-refractivity contribution in [3.05, 3.63) is 41.2 Å². The van der Waals surface area contributed by atoms with Gasteiger partial charge in [0.2, 0.25) is 17.6 Å². The summed E-state index contributed by atoms with van der Waals surface area (Å²) in [7, 11) is 4.66. The quantitative estimate of drug-likeness (QED) is 0.667. The zero-order chi connectivity index (χ0) is 21.5. The number of benzene rings is 1. The van der Waals surface area contributed by atoms with Crippen molar-refractivity contribution in [3.8, 4) is 17.2 Å². The molecule has 1 aliphatic rings. The van der Waals surface area contributed by atoms with E-state index in [9.17, 15) is 4.79 Å². The molecule has 8 heteroatoms. The Labute approximate surface area is 176 Å². The summed E-state index contributed by atoms with van der Waals surface area (Å²) in [5, 5.41) is 2.87. The monoisotopic (exact) mass is 412 g/mol. The molecule has 0 aliphatic carbocycles. The fourth-order valence-corrected chi connectivity index (χ4v) is 3.37. The Balaban J connectivity index is 1.65. The first-order chi connectivity index (χ1) is 14.5. The minimum atomic E-state index is -0.220. The van der Waals surface area contributed by atoms with Gasteiger partial charge in [0, 0.05) is 24.9 Å². The first-order valence-corrected chi connectivity index (χ1v) is 9.89. The van der Waals surface area contributed by atoms with Gasteiger partial charge in [0.25, 0.3) is 0 Å². The highest BCUT2D eigenvalue weighted by atomic mass is 16.5. The number of rotatable bonds is 8. The second kappa shape index (κ2) is 9.96. The number of nitrogens with zero attached hydrogens (tertiary/aromatic N) is 3. The Hall–Kier alpha value is -3.29. The number of hydrogen-bond acceptors (Lipinski definition) is 7. The lowest BCUT2D eigenvalue weighted by Crippen LogP contribution is -2.24. The van der Waals surface area contributed by atoms with Crippen LogP contribution in [0.5, 0.6) is 17.2 Å². The van der Waals surface area contributed by atoms with Gasteiger partial charge in [-0.05, 0) is 49.6 Å². The molecule has 1 aromatic heterocycles. The Morgan fingerprint density at radius 1 is 1.07 bits per heavy atom. The van der Waals surface area contributed by atoms with E-state index in [-0.39, 0.29) is 5.91 Å². The molecule has 1 amide bonds. The van der Waals surface area contributed by atoms with Crippen molar-refractivity contribution >= 4 is 17.9 Å². The van der Waals surface area contributed by atoms with Crippen LogP contribution in [0.4, 0.5) is 5.95 Å². The third-order valence-electron chi connectivity index (χ3n) is 4.84. The summed E-state index contributed by atoms with van der Waals surface area (Å²) >= 11 is 0. The second-order valence-corrected chi connectivity index (χ2v) is 7.00. The molecule has 0 radical (unpaired) electrons. The Bertz CT molecular complexity index is 898. The zero-order valence-corrected chi connectivity index (χ0v) is 17.9. The molecular formula is C22H28N4O4. The molecule has 0 unspecified atom stereocenters. The van der Waals surface area contributed by atoms with Gasteiger partial charge in [0.15, 0.2) is 11.5 Å². The maximum Gasteiger partial charge on any atom is 0.244 e. The van der Waals surface area contributed by atoms with Gasteiger partial charge in [0.05, 0.1) is 33.6 Å². The Kier molecular flexibility index (Phi) is 7.11. The predicted octanol–water partition coefficient (Wildman–Crippen LogP) is 2.74. The summed E-state index contributed by atoms with van der Waals surface area (Å²) in [6.07, 6.45) is 5.49. The van der Waals surface area contributed by atoms with E-state index in [0.29, 0.717) is 23.8 Å². The molecule has 0 spiro atoms. The highest BCUT2D eigenvalue weighted by molar-refractivity contribution is 5.91. The molecule has 1 fully saturated rings. The maximum atomic E-state index is 12.3. The molecule has 1 N–H and O–H groups in total. The van der Waals surface area contributed by atoms with Crippen LogP contribution < -0.4 is 24.4 Å². The first-order valence-electron chi connectivity index (χ1n) is 9.89. The summed E-state index contributed by atoms with van der Waals surface area (Å²) in [4.78, 5) is 23.6. The number of hydrogen-bond donors (Lipinski definition) is 1. The number of methoxy groups -OCH3 is 3.